The van der Waals surface area contributed by atoms with Gasteiger partial charge in [0.2, 0.25) is 11.8 Å². The number of aromatic nitrogens is 2. The van der Waals surface area contributed by atoms with Crippen LogP contribution in [-0.2, 0) is 23.1 Å². The second-order valence-corrected chi connectivity index (χ2v) is 5.78. The zero-order valence-corrected chi connectivity index (χ0v) is 13.6. The first-order valence-corrected chi connectivity index (χ1v) is 7.66. The fraction of sp³-hybridized carbons (Fsp3) is 0.312. The van der Waals surface area contributed by atoms with E-state index in [-0.39, 0.29) is 24.0 Å². The van der Waals surface area contributed by atoms with Gasteiger partial charge in [0.25, 0.3) is 0 Å². The van der Waals surface area contributed by atoms with Crippen LogP contribution < -0.4 is 15.4 Å². The van der Waals surface area contributed by atoms with Crippen molar-refractivity contribution < 1.29 is 27.5 Å². The van der Waals surface area contributed by atoms with Crippen LogP contribution in [0.1, 0.15) is 17.3 Å². The molecular formula is C16H15F3N4O3. The van der Waals surface area contributed by atoms with E-state index in [1.807, 2.05) is 0 Å². The summed E-state index contributed by atoms with van der Waals surface area (Å²) in [5, 5.41) is 9.23. The van der Waals surface area contributed by atoms with E-state index in [1.54, 1.807) is 13.1 Å². The normalized spacial score (nSPS) is 20.5. The number of hydrogen-bond donors (Lipinski definition) is 2. The van der Waals surface area contributed by atoms with E-state index in [4.69, 9.17) is 0 Å². The SMILES string of the molecule is Cn1nccc1C1NC(=O)C(Cc2ccc(OC(F)(F)F)cc2)NC1=O. The van der Waals surface area contributed by atoms with E-state index in [1.165, 1.54) is 23.0 Å². The number of rotatable bonds is 4. The van der Waals surface area contributed by atoms with Crippen molar-refractivity contribution in [2.24, 2.45) is 7.05 Å². The lowest BCUT2D eigenvalue weighted by molar-refractivity contribution is -0.274. The number of amides is 2. The van der Waals surface area contributed by atoms with Crippen LogP contribution >= 0.6 is 0 Å². The largest absolute Gasteiger partial charge is 0.573 e. The van der Waals surface area contributed by atoms with Crippen LogP contribution in [0.25, 0.3) is 0 Å². The standard InChI is InChI=1S/C16H15F3N4O3/c1-23-12(6-7-20-23)13-15(25)21-11(14(24)22-13)8-9-2-4-10(5-3-9)26-16(17,18)19/h2-7,11,13H,8H2,1H3,(H,21,25)(H,22,24). The molecular weight excluding hydrogens is 353 g/mol. The number of nitrogens with one attached hydrogen (secondary N) is 2. The molecule has 2 unspecified atom stereocenters. The van der Waals surface area contributed by atoms with Crippen LogP contribution in [0.4, 0.5) is 13.2 Å². The van der Waals surface area contributed by atoms with E-state index in [0.717, 1.165) is 12.1 Å². The molecule has 2 heterocycles. The van der Waals surface area contributed by atoms with E-state index in [9.17, 15) is 22.8 Å². The first-order valence-electron chi connectivity index (χ1n) is 7.66. The number of carbonyl (C=O) groups is 2. The van der Waals surface area contributed by atoms with Crippen molar-refractivity contribution in [2.45, 2.75) is 24.9 Å². The maximum atomic E-state index is 12.3. The molecule has 2 N–H and O–H groups in total. The smallest absolute Gasteiger partial charge is 0.406 e. The Bertz CT molecular complexity index is 817. The van der Waals surface area contributed by atoms with Gasteiger partial charge in [0.05, 0.1) is 5.69 Å². The molecule has 2 amide bonds. The minimum absolute atomic E-state index is 0.141. The Morgan fingerprint density at radius 2 is 1.81 bits per heavy atom. The third-order valence-electron chi connectivity index (χ3n) is 3.93. The molecule has 7 nitrogen and oxygen atoms in total. The lowest BCUT2D eigenvalue weighted by Crippen LogP contribution is -2.58. The van der Waals surface area contributed by atoms with Gasteiger partial charge < -0.3 is 15.4 Å². The molecule has 26 heavy (non-hydrogen) atoms. The zero-order valence-electron chi connectivity index (χ0n) is 13.6. The van der Waals surface area contributed by atoms with Gasteiger partial charge in [-0.1, -0.05) is 12.1 Å². The van der Waals surface area contributed by atoms with Gasteiger partial charge in [-0.25, -0.2) is 0 Å². The summed E-state index contributed by atoms with van der Waals surface area (Å²) < 4.78 is 41.8. The number of alkyl halides is 3. The highest BCUT2D eigenvalue weighted by molar-refractivity contribution is 5.97. The molecule has 1 aromatic heterocycles. The number of aryl methyl sites for hydroxylation is 1. The van der Waals surface area contributed by atoms with Gasteiger partial charge in [-0.05, 0) is 23.8 Å². The van der Waals surface area contributed by atoms with Crippen molar-refractivity contribution in [3.05, 3.63) is 47.8 Å². The summed E-state index contributed by atoms with van der Waals surface area (Å²) in [5.74, 6) is -1.11. The number of nitrogens with zero attached hydrogens (tertiary/aromatic N) is 2. The Kier molecular flexibility index (Phi) is 4.58. The molecule has 0 radical (unpaired) electrons. The minimum atomic E-state index is -4.76. The highest BCUT2D eigenvalue weighted by Gasteiger charge is 2.36. The first-order chi connectivity index (χ1) is 12.2. The van der Waals surface area contributed by atoms with Crippen LogP contribution in [0.5, 0.6) is 5.75 Å². The predicted octanol–water partition coefficient (Wildman–Crippen LogP) is 1.22. The average molecular weight is 368 g/mol. The third-order valence-corrected chi connectivity index (χ3v) is 3.93. The monoisotopic (exact) mass is 368 g/mol. The molecule has 3 rings (SSSR count). The molecule has 10 heteroatoms. The molecule has 1 aliphatic rings. The highest BCUT2D eigenvalue weighted by Crippen LogP contribution is 2.23. The predicted molar refractivity (Wildman–Crippen MR) is 82.9 cm³/mol. The van der Waals surface area contributed by atoms with E-state index < -0.39 is 18.4 Å². The Balaban J connectivity index is 1.65. The molecule has 2 aromatic rings. The first kappa shape index (κ1) is 17.8. The maximum absolute atomic E-state index is 12.3. The minimum Gasteiger partial charge on any atom is -0.406 e. The van der Waals surface area contributed by atoms with Crippen LogP contribution in [0.2, 0.25) is 0 Å². The topological polar surface area (TPSA) is 85.2 Å². The molecule has 1 aliphatic heterocycles. The van der Waals surface area contributed by atoms with Gasteiger partial charge in [0, 0.05) is 19.7 Å². The Hall–Kier alpha value is -3.04. The van der Waals surface area contributed by atoms with Crippen LogP contribution in [0, 0.1) is 0 Å². The van der Waals surface area contributed by atoms with Gasteiger partial charge in [-0.3, -0.25) is 14.3 Å². The van der Waals surface area contributed by atoms with Crippen LogP contribution in [-0.4, -0.2) is 34.0 Å². The summed E-state index contributed by atoms with van der Waals surface area (Å²) in [7, 11) is 1.66. The molecule has 0 bridgehead atoms. The second-order valence-electron chi connectivity index (χ2n) is 5.78. The summed E-state index contributed by atoms with van der Waals surface area (Å²) in [5.41, 5.74) is 1.13. The Morgan fingerprint density at radius 3 is 2.38 bits per heavy atom. The zero-order chi connectivity index (χ0) is 18.9. The lowest BCUT2D eigenvalue weighted by Gasteiger charge is -2.29. The van der Waals surface area contributed by atoms with Gasteiger partial charge in [-0.2, -0.15) is 5.10 Å². The van der Waals surface area contributed by atoms with Gasteiger partial charge in [0.1, 0.15) is 11.8 Å². The summed E-state index contributed by atoms with van der Waals surface area (Å²) in [4.78, 5) is 24.6. The van der Waals surface area contributed by atoms with Crippen molar-refractivity contribution in [2.75, 3.05) is 0 Å². The molecule has 1 aromatic carbocycles. The van der Waals surface area contributed by atoms with Crippen LogP contribution in [0.15, 0.2) is 36.5 Å². The van der Waals surface area contributed by atoms with Crippen molar-refractivity contribution in [1.82, 2.24) is 20.4 Å². The summed E-state index contributed by atoms with van der Waals surface area (Å²) in [6.45, 7) is 0. The molecule has 1 fully saturated rings. The van der Waals surface area contributed by atoms with Crippen molar-refractivity contribution in [3.63, 3.8) is 0 Å². The van der Waals surface area contributed by atoms with Crippen molar-refractivity contribution in [1.29, 1.82) is 0 Å². The van der Waals surface area contributed by atoms with E-state index in [2.05, 4.69) is 20.5 Å². The molecule has 1 saturated heterocycles. The van der Waals surface area contributed by atoms with Gasteiger partial charge in [0.15, 0.2) is 6.04 Å². The van der Waals surface area contributed by atoms with Gasteiger partial charge in [-0.15, -0.1) is 13.2 Å². The summed E-state index contributed by atoms with van der Waals surface area (Å²) >= 11 is 0. The molecule has 0 saturated carbocycles. The lowest BCUT2D eigenvalue weighted by atomic mass is 10.0. The van der Waals surface area contributed by atoms with Crippen molar-refractivity contribution >= 4 is 11.8 Å². The third kappa shape index (κ3) is 3.95. The Labute approximate surface area is 146 Å². The number of halogens is 3. The van der Waals surface area contributed by atoms with Crippen molar-refractivity contribution in [3.8, 4) is 5.75 Å². The van der Waals surface area contributed by atoms with E-state index in [0.29, 0.717) is 11.3 Å². The highest BCUT2D eigenvalue weighted by atomic mass is 19.4. The number of benzene rings is 1. The number of piperazine rings is 1. The summed E-state index contributed by atoms with van der Waals surface area (Å²) in [6.07, 6.45) is -3.10. The summed E-state index contributed by atoms with van der Waals surface area (Å²) in [6, 6.07) is 5.11. The Morgan fingerprint density at radius 1 is 1.12 bits per heavy atom. The quantitative estimate of drug-likeness (QED) is 0.850. The fourth-order valence-corrected chi connectivity index (χ4v) is 2.71. The van der Waals surface area contributed by atoms with Gasteiger partial charge >= 0.3 is 6.36 Å². The number of hydrogen-bond acceptors (Lipinski definition) is 4. The van der Waals surface area contributed by atoms with Crippen LogP contribution in [0.3, 0.4) is 0 Å². The average Bonchev–Trinajstić information content (AvgIpc) is 2.97. The number of carbonyl (C=O) groups excluding carboxylic acids is 2. The molecule has 0 aliphatic carbocycles. The molecule has 138 valence electrons. The van der Waals surface area contributed by atoms with E-state index >= 15 is 0 Å². The number of ether oxygens (including phenoxy) is 1. The fourth-order valence-electron chi connectivity index (χ4n) is 2.71. The molecule has 2 atom stereocenters. The maximum Gasteiger partial charge on any atom is 0.573 e. The molecule has 0 spiro atoms. The second kappa shape index (κ2) is 6.70.